The minimum absolute atomic E-state index is 0.183. The maximum absolute atomic E-state index is 13.6. The number of ether oxygens (including phenoxy) is 1. The normalized spacial score (nSPS) is 10.8. The van der Waals surface area contributed by atoms with Gasteiger partial charge in [0.25, 0.3) is 11.8 Å². The van der Waals surface area contributed by atoms with Crippen molar-refractivity contribution < 1.29 is 28.3 Å². The van der Waals surface area contributed by atoms with Crippen molar-refractivity contribution in [3.05, 3.63) is 77.9 Å². The molecule has 2 amide bonds. The molecule has 154 valence electrons. The summed E-state index contributed by atoms with van der Waals surface area (Å²) in [5.41, 5.74) is 2.09. The molecule has 0 unspecified atom stereocenters. The summed E-state index contributed by atoms with van der Waals surface area (Å²) in [6, 6.07) is 10.1. The summed E-state index contributed by atoms with van der Waals surface area (Å²) in [7, 11) is 1.73. The number of nitrogens with zero attached hydrogens (tertiary/aromatic N) is 2. The molecule has 3 aromatic rings. The van der Waals surface area contributed by atoms with Gasteiger partial charge in [-0.2, -0.15) is 10.6 Å². The van der Waals surface area contributed by atoms with Gasteiger partial charge in [0, 0.05) is 24.4 Å². The van der Waals surface area contributed by atoms with Crippen molar-refractivity contribution in [2.24, 2.45) is 7.05 Å². The number of nitrogens with one attached hydrogen (secondary N) is 2. The average molecular weight is 414 g/mol. The molecule has 0 saturated heterocycles. The Balaban J connectivity index is 1.84. The van der Waals surface area contributed by atoms with E-state index in [1.807, 2.05) is 0 Å². The van der Waals surface area contributed by atoms with E-state index in [-0.39, 0.29) is 16.8 Å². The van der Waals surface area contributed by atoms with Gasteiger partial charge in [-0.15, -0.1) is 0 Å². The second-order valence-corrected chi connectivity index (χ2v) is 6.01. The first-order chi connectivity index (χ1) is 14.5. The van der Waals surface area contributed by atoms with Gasteiger partial charge < -0.3 is 10.1 Å². The highest BCUT2D eigenvalue weighted by Gasteiger charge is 2.15. The van der Waals surface area contributed by atoms with Crippen LogP contribution in [0.2, 0.25) is 0 Å². The number of rotatable bonds is 7. The minimum atomic E-state index is -0.908. The molecule has 0 fully saturated rings. The quantitative estimate of drug-likeness (QED) is 0.456. The van der Waals surface area contributed by atoms with E-state index in [1.165, 1.54) is 23.8 Å². The monoisotopic (exact) mass is 414 g/mol. The Morgan fingerprint density at radius 2 is 2.00 bits per heavy atom. The molecule has 8 nitrogen and oxygen atoms in total. The molecule has 0 bridgehead atoms. The summed E-state index contributed by atoms with van der Waals surface area (Å²) in [4.78, 5) is 24.1. The highest BCUT2D eigenvalue weighted by molar-refractivity contribution is 6.07. The largest absolute Gasteiger partial charge is 0.453 e. The lowest BCUT2D eigenvalue weighted by Crippen LogP contribution is -2.17. The first-order valence-corrected chi connectivity index (χ1v) is 8.58. The second kappa shape index (κ2) is 9.43. The molecule has 0 aliphatic rings. The lowest BCUT2D eigenvalue weighted by atomic mass is 10.1. The third-order valence-electron chi connectivity index (χ3n) is 3.86. The van der Waals surface area contributed by atoms with Crippen LogP contribution in [0.4, 0.5) is 14.6 Å². The van der Waals surface area contributed by atoms with Crippen molar-refractivity contribution in [1.29, 1.82) is 0 Å². The predicted octanol–water partition coefficient (Wildman–Crippen LogP) is 3.55. The Labute approximate surface area is 169 Å². The fourth-order valence-corrected chi connectivity index (χ4v) is 2.53. The maximum Gasteiger partial charge on any atom is 0.270 e. The van der Waals surface area contributed by atoms with Gasteiger partial charge in [-0.3, -0.25) is 14.3 Å². The van der Waals surface area contributed by atoms with Crippen molar-refractivity contribution in [3.63, 3.8) is 0 Å². The minimum Gasteiger partial charge on any atom is -0.453 e. The smallest absolute Gasteiger partial charge is 0.270 e. The Kier molecular flexibility index (Phi) is 6.50. The van der Waals surface area contributed by atoms with Crippen LogP contribution in [0.25, 0.3) is 6.08 Å². The summed E-state index contributed by atoms with van der Waals surface area (Å²) >= 11 is 0. The van der Waals surface area contributed by atoms with Gasteiger partial charge in [-0.05, 0) is 40.9 Å². The molecule has 10 heteroatoms. The summed E-state index contributed by atoms with van der Waals surface area (Å²) in [6.07, 6.45) is 5.27. The Hall–Kier alpha value is -4.05. The molecule has 0 aliphatic carbocycles. The zero-order chi connectivity index (χ0) is 21.5. The molecule has 0 spiro atoms. The van der Waals surface area contributed by atoms with Gasteiger partial charge >= 0.3 is 0 Å². The van der Waals surface area contributed by atoms with Crippen LogP contribution in [-0.2, 0) is 16.9 Å². The fourth-order valence-electron chi connectivity index (χ4n) is 2.53. The first kappa shape index (κ1) is 20.7. The van der Waals surface area contributed by atoms with Crippen molar-refractivity contribution in [1.82, 2.24) is 15.3 Å². The van der Waals surface area contributed by atoms with Gasteiger partial charge in [0.05, 0.1) is 18.0 Å². The van der Waals surface area contributed by atoms with E-state index in [0.29, 0.717) is 11.5 Å². The van der Waals surface area contributed by atoms with Crippen molar-refractivity contribution in [2.75, 3.05) is 5.32 Å². The molecule has 3 rings (SSSR count). The first-order valence-electron chi connectivity index (χ1n) is 8.58. The van der Waals surface area contributed by atoms with Crippen LogP contribution in [0.3, 0.4) is 0 Å². The van der Waals surface area contributed by atoms with Crippen molar-refractivity contribution in [3.8, 4) is 11.5 Å². The molecule has 2 N–H and O–H groups in total. The number of halogens is 2. The number of hydroxylamine groups is 1. The van der Waals surface area contributed by atoms with Crippen LogP contribution in [0.1, 0.15) is 15.9 Å². The summed E-state index contributed by atoms with van der Waals surface area (Å²) in [5.74, 6) is -1.28. The number of hydrogen-bond acceptors (Lipinski definition) is 5. The number of benzene rings is 2. The lowest BCUT2D eigenvalue weighted by Gasteiger charge is -2.12. The van der Waals surface area contributed by atoms with Crippen LogP contribution in [-0.4, -0.2) is 21.6 Å². The van der Waals surface area contributed by atoms with E-state index < -0.39 is 17.6 Å². The van der Waals surface area contributed by atoms with E-state index in [0.717, 1.165) is 18.2 Å². The molecular weight excluding hydrogens is 398 g/mol. The molecular formula is C20H16F2N4O4. The molecule has 2 aromatic carbocycles. The van der Waals surface area contributed by atoms with Crippen LogP contribution >= 0.6 is 0 Å². The van der Waals surface area contributed by atoms with Gasteiger partial charge in [0.15, 0.2) is 5.75 Å². The third-order valence-corrected chi connectivity index (χ3v) is 3.86. The Morgan fingerprint density at radius 3 is 2.73 bits per heavy atom. The van der Waals surface area contributed by atoms with Gasteiger partial charge in [-0.1, -0.05) is 17.2 Å². The number of amides is 2. The standard InChI is InChI=1S/C20H16F2N4O4/c1-26-12-15(11-23-26)29-18-5-3-2-4-16(18)20(28)24-17-8-7-14(21)10-13(17)6-9-19(27)25-30-22/h2-12H,1H3,(H,24,28)(H,25,27)/b9-6+. The summed E-state index contributed by atoms with van der Waals surface area (Å²) < 4.78 is 32.6. The van der Waals surface area contributed by atoms with E-state index >= 15 is 0 Å². The van der Waals surface area contributed by atoms with E-state index in [1.54, 1.807) is 42.2 Å². The third kappa shape index (κ3) is 5.26. The van der Waals surface area contributed by atoms with E-state index in [4.69, 9.17) is 4.74 Å². The SMILES string of the molecule is Cn1cc(Oc2ccccc2C(=O)Nc2ccc(F)cc2/C=C/C(=O)NOF)cn1. The van der Waals surface area contributed by atoms with E-state index in [2.05, 4.69) is 15.5 Å². The Morgan fingerprint density at radius 1 is 1.20 bits per heavy atom. The number of hydrogen-bond donors (Lipinski definition) is 2. The average Bonchev–Trinajstić information content (AvgIpc) is 3.13. The number of anilines is 1. The maximum atomic E-state index is 13.6. The topological polar surface area (TPSA) is 94.5 Å². The lowest BCUT2D eigenvalue weighted by molar-refractivity contribution is -0.195. The van der Waals surface area contributed by atoms with Crippen LogP contribution < -0.4 is 15.5 Å². The van der Waals surface area contributed by atoms with Gasteiger partial charge in [-0.25, -0.2) is 4.39 Å². The van der Waals surface area contributed by atoms with Crippen molar-refractivity contribution >= 4 is 23.6 Å². The number of aromatic nitrogens is 2. The van der Waals surface area contributed by atoms with Gasteiger partial charge in [0.2, 0.25) is 0 Å². The molecule has 0 radical (unpaired) electrons. The predicted molar refractivity (Wildman–Crippen MR) is 103 cm³/mol. The number of carbonyl (C=O) groups is 2. The molecule has 0 atom stereocenters. The second-order valence-electron chi connectivity index (χ2n) is 6.01. The summed E-state index contributed by atoms with van der Waals surface area (Å²) in [5, 5.41) is 9.67. The summed E-state index contributed by atoms with van der Waals surface area (Å²) in [6.45, 7) is 0. The molecule has 1 aromatic heterocycles. The van der Waals surface area contributed by atoms with E-state index in [9.17, 15) is 18.5 Å². The molecule has 0 saturated carbocycles. The highest BCUT2D eigenvalue weighted by Crippen LogP contribution is 2.26. The molecule has 0 aliphatic heterocycles. The van der Waals surface area contributed by atoms with Crippen LogP contribution in [0.15, 0.2) is 60.9 Å². The number of carbonyl (C=O) groups excluding carboxylic acids is 2. The van der Waals surface area contributed by atoms with Crippen LogP contribution in [0, 0.1) is 5.82 Å². The molecule has 30 heavy (non-hydrogen) atoms. The zero-order valence-electron chi connectivity index (χ0n) is 15.6. The number of para-hydroxylation sites is 1. The number of aryl methyl sites for hydroxylation is 1. The van der Waals surface area contributed by atoms with Crippen molar-refractivity contribution in [2.45, 2.75) is 0 Å². The molecule has 1 heterocycles. The zero-order valence-corrected chi connectivity index (χ0v) is 15.6. The van der Waals surface area contributed by atoms with Crippen LogP contribution in [0.5, 0.6) is 11.5 Å². The van der Waals surface area contributed by atoms with Gasteiger partial charge in [0.1, 0.15) is 11.6 Å². The Bertz CT molecular complexity index is 1100. The highest BCUT2D eigenvalue weighted by atomic mass is 19.3. The fraction of sp³-hybridized carbons (Fsp3) is 0.0500.